The molecule has 0 aliphatic carbocycles. The molecule has 1 fully saturated rings. The van der Waals surface area contributed by atoms with Crippen LogP contribution in [0.15, 0.2) is 11.3 Å². The highest BCUT2D eigenvalue weighted by atomic mass is 16.5. The Hall–Kier alpha value is -1.03. The third-order valence-corrected chi connectivity index (χ3v) is 2.19. The summed E-state index contributed by atoms with van der Waals surface area (Å²) >= 11 is 0. The van der Waals surface area contributed by atoms with Crippen molar-refractivity contribution in [1.82, 2.24) is 0 Å². The van der Waals surface area contributed by atoms with E-state index in [0.29, 0.717) is 31.0 Å². The molecule has 0 unspecified atom stereocenters. The average molecular weight is 200 g/mol. The molecule has 0 aromatic heterocycles. The normalized spacial score (nSPS) is 24.4. The smallest absolute Gasteiger partial charge is 0.337 e. The Balaban J connectivity index is 2.61. The van der Waals surface area contributed by atoms with E-state index in [1.807, 2.05) is 0 Å². The summed E-state index contributed by atoms with van der Waals surface area (Å²) in [7, 11) is 1.64. The van der Waals surface area contributed by atoms with Gasteiger partial charge in [0.1, 0.15) is 12.4 Å². The minimum Gasteiger partial charge on any atom is -0.495 e. The van der Waals surface area contributed by atoms with E-state index in [2.05, 4.69) is 0 Å². The fourth-order valence-electron chi connectivity index (χ4n) is 1.28. The summed E-state index contributed by atoms with van der Waals surface area (Å²) < 4.78 is 15.3. The quantitative estimate of drug-likeness (QED) is 0.508. The summed E-state index contributed by atoms with van der Waals surface area (Å²) in [6.45, 7) is 4.40. The third-order valence-electron chi connectivity index (χ3n) is 2.19. The van der Waals surface area contributed by atoms with Gasteiger partial charge in [-0.25, -0.2) is 4.79 Å². The van der Waals surface area contributed by atoms with Gasteiger partial charge >= 0.3 is 5.97 Å². The minimum absolute atomic E-state index is 0.0642. The Morgan fingerprint density at radius 1 is 1.64 bits per heavy atom. The van der Waals surface area contributed by atoms with Crippen LogP contribution in [0.5, 0.6) is 0 Å². The van der Waals surface area contributed by atoms with Crippen molar-refractivity contribution in [3.8, 4) is 0 Å². The number of carbonyl (C=O) groups is 1. The molecule has 1 aliphatic heterocycles. The Kier molecular flexibility index (Phi) is 3.95. The van der Waals surface area contributed by atoms with E-state index in [9.17, 15) is 4.79 Å². The maximum atomic E-state index is 11.3. The second-order valence-electron chi connectivity index (χ2n) is 3.14. The molecular formula is C10H16O4. The molecule has 14 heavy (non-hydrogen) atoms. The molecule has 0 aromatic rings. The van der Waals surface area contributed by atoms with Gasteiger partial charge in [-0.2, -0.15) is 0 Å². The van der Waals surface area contributed by atoms with Crippen molar-refractivity contribution in [3.05, 3.63) is 11.3 Å². The topological polar surface area (TPSA) is 44.8 Å². The Morgan fingerprint density at radius 3 is 2.86 bits per heavy atom. The highest BCUT2D eigenvalue weighted by molar-refractivity contribution is 5.88. The summed E-state index contributed by atoms with van der Waals surface area (Å²) in [5.74, 6) is 0.384. The monoisotopic (exact) mass is 200 g/mol. The lowest BCUT2D eigenvalue weighted by Gasteiger charge is -2.04. The largest absolute Gasteiger partial charge is 0.495 e. The van der Waals surface area contributed by atoms with Crippen molar-refractivity contribution in [2.24, 2.45) is 0 Å². The number of rotatable bonds is 3. The van der Waals surface area contributed by atoms with Crippen LogP contribution in [0.25, 0.3) is 0 Å². The van der Waals surface area contributed by atoms with Gasteiger partial charge in [-0.15, -0.1) is 0 Å². The van der Waals surface area contributed by atoms with Crippen molar-refractivity contribution >= 4 is 5.97 Å². The molecule has 0 radical (unpaired) electrons. The predicted octanol–water partition coefficient (Wildman–Crippen LogP) is 1.26. The number of carbonyl (C=O) groups excluding carboxylic acids is 1. The van der Waals surface area contributed by atoms with Crippen LogP contribution in [0.1, 0.15) is 20.3 Å². The van der Waals surface area contributed by atoms with Crippen LogP contribution in [0, 0.1) is 0 Å². The van der Waals surface area contributed by atoms with Crippen LogP contribution in [0.2, 0.25) is 0 Å². The molecule has 0 amide bonds. The number of esters is 1. The third kappa shape index (κ3) is 2.48. The van der Waals surface area contributed by atoms with Gasteiger partial charge < -0.3 is 14.2 Å². The summed E-state index contributed by atoms with van der Waals surface area (Å²) in [6, 6.07) is 0. The number of hydrogen-bond acceptors (Lipinski definition) is 4. The molecule has 1 rings (SSSR count). The molecule has 1 saturated heterocycles. The van der Waals surface area contributed by atoms with Gasteiger partial charge in [0, 0.05) is 13.5 Å². The van der Waals surface area contributed by atoms with Gasteiger partial charge in [-0.3, -0.25) is 0 Å². The lowest BCUT2D eigenvalue weighted by Crippen LogP contribution is -2.09. The van der Waals surface area contributed by atoms with Crippen molar-refractivity contribution in [2.75, 3.05) is 20.3 Å². The Morgan fingerprint density at radius 2 is 2.36 bits per heavy atom. The molecule has 4 heteroatoms. The Labute approximate surface area is 83.8 Å². The van der Waals surface area contributed by atoms with Gasteiger partial charge in [0.25, 0.3) is 0 Å². The van der Waals surface area contributed by atoms with Crippen LogP contribution in [0.4, 0.5) is 0 Å². The summed E-state index contributed by atoms with van der Waals surface area (Å²) in [5, 5.41) is 0. The van der Waals surface area contributed by atoms with Crippen LogP contribution in [0.3, 0.4) is 0 Å². The first-order valence-electron chi connectivity index (χ1n) is 4.71. The van der Waals surface area contributed by atoms with Crippen molar-refractivity contribution in [3.63, 3.8) is 0 Å². The molecule has 0 spiro atoms. The molecule has 1 heterocycles. The second-order valence-corrected chi connectivity index (χ2v) is 3.14. The SMILES string of the molecule is CCOC(=O)/C(C)=C1\C[C@H](OC)CO1. The molecule has 0 bridgehead atoms. The lowest BCUT2D eigenvalue weighted by atomic mass is 10.2. The van der Waals surface area contributed by atoms with Gasteiger partial charge in [0.05, 0.1) is 18.3 Å². The van der Waals surface area contributed by atoms with E-state index in [0.717, 1.165) is 0 Å². The highest BCUT2D eigenvalue weighted by Crippen LogP contribution is 2.22. The molecule has 0 aromatic carbocycles. The van der Waals surface area contributed by atoms with Crippen LogP contribution in [-0.2, 0) is 19.0 Å². The summed E-state index contributed by atoms with van der Waals surface area (Å²) in [5.41, 5.74) is 0.548. The molecule has 4 nitrogen and oxygen atoms in total. The molecular weight excluding hydrogens is 184 g/mol. The van der Waals surface area contributed by atoms with E-state index in [1.54, 1.807) is 21.0 Å². The van der Waals surface area contributed by atoms with Crippen LogP contribution in [-0.4, -0.2) is 32.4 Å². The number of ether oxygens (including phenoxy) is 3. The summed E-state index contributed by atoms with van der Waals surface area (Å²) in [4.78, 5) is 11.3. The van der Waals surface area contributed by atoms with E-state index in [1.165, 1.54) is 0 Å². The van der Waals surface area contributed by atoms with Gasteiger partial charge in [0.2, 0.25) is 0 Å². The maximum absolute atomic E-state index is 11.3. The fourth-order valence-corrected chi connectivity index (χ4v) is 1.28. The zero-order valence-corrected chi connectivity index (χ0v) is 8.83. The number of methoxy groups -OCH3 is 1. The first kappa shape index (κ1) is 11.0. The van der Waals surface area contributed by atoms with Crippen molar-refractivity contribution < 1.29 is 19.0 Å². The fraction of sp³-hybridized carbons (Fsp3) is 0.700. The van der Waals surface area contributed by atoms with E-state index < -0.39 is 0 Å². The second kappa shape index (κ2) is 5.00. The molecule has 1 aliphatic rings. The zero-order chi connectivity index (χ0) is 10.6. The first-order valence-corrected chi connectivity index (χ1v) is 4.71. The molecule has 0 N–H and O–H groups in total. The molecule has 80 valence electrons. The standard InChI is InChI=1S/C10H16O4/c1-4-13-10(11)7(2)9-5-8(12-3)6-14-9/h8H,4-6H2,1-3H3/b9-7+/t8-/m0/s1. The molecule has 0 saturated carbocycles. The van der Waals surface area contributed by atoms with Crippen LogP contribution < -0.4 is 0 Å². The van der Waals surface area contributed by atoms with Gasteiger partial charge in [-0.05, 0) is 13.8 Å². The zero-order valence-electron chi connectivity index (χ0n) is 8.83. The van der Waals surface area contributed by atoms with E-state index >= 15 is 0 Å². The van der Waals surface area contributed by atoms with Crippen molar-refractivity contribution in [1.29, 1.82) is 0 Å². The minimum atomic E-state index is -0.306. The summed E-state index contributed by atoms with van der Waals surface area (Å²) in [6.07, 6.45) is 0.718. The maximum Gasteiger partial charge on any atom is 0.337 e. The number of hydrogen-bond donors (Lipinski definition) is 0. The van der Waals surface area contributed by atoms with Crippen molar-refractivity contribution in [2.45, 2.75) is 26.4 Å². The first-order chi connectivity index (χ1) is 6.69. The Bertz CT molecular complexity index is 245. The van der Waals surface area contributed by atoms with Gasteiger partial charge in [0.15, 0.2) is 0 Å². The molecule has 1 atom stereocenters. The average Bonchev–Trinajstić information content (AvgIpc) is 2.65. The van der Waals surface area contributed by atoms with Crippen LogP contribution >= 0.6 is 0 Å². The predicted molar refractivity (Wildman–Crippen MR) is 50.7 cm³/mol. The van der Waals surface area contributed by atoms with E-state index in [-0.39, 0.29) is 12.1 Å². The van der Waals surface area contributed by atoms with E-state index in [4.69, 9.17) is 14.2 Å². The highest BCUT2D eigenvalue weighted by Gasteiger charge is 2.24. The lowest BCUT2D eigenvalue weighted by molar-refractivity contribution is -0.138. The van der Waals surface area contributed by atoms with Gasteiger partial charge in [-0.1, -0.05) is 0 Å².